The molecule has 0 aromatic heterocycles. The molecule has 0 radical (unpaired) electrons. The van der Waals surface area contributed by atoms with Crippen molar-refractivity contribution in [2.75, 3.05) is 13.7 Å². The lowest BCUT2D eigenvalue weighted by atomic mass is 9.98. The third kappa shape index (κ3) is 3.76. The number of aliphatic hydroxyl groups is 2. The van der Waals surface area contributed by atoms with Crippen LogP contribution in [0.4, 0.5) is 0 Å². The van der Waals surface area contributed by atoms with Crippen molar-refractivity contribution in [3.8, 4) is 0 Å². The van der Waals surface area contributed by atoms with E-state index >= 15 is 0 Å². The summed E-state index contributed by atoms with van der Waals surface area (Å²) in [6.45, 7) is -0.259. The van der Waals surface area contributed by atoms with E-state index in [0.29, 0.717) is 6.42 Å². The molecule has 1 aromatic carbocycles. The molecule has 23 heavy (non-hydrogen) atoms. The molecule has 2 aliphatic rings. The van der Waals surface area contributed by atoms with Crippen molar-refractivity contribution < 1.29 is 19.7 Å². The minimum atomic E-state index is -0.636. The smallest absolute Gasteiger partial charge is 0.316 e. The molecule has 3 rings (SSSR count). The summed E-state index contributed by atoms with van der Waals surface area (Å²) in [5.74, 6) is -1.01. The number of piperidine rings is 1. The number of benzene rings is 1. The second-order valence-corrected chi connectivity index (χ2v) is 6.37. The van der Waals surface area contributed by atoms with Gasteiger partial charge in [0, 0.05) is 24.9 Å². The van der Waals surface area contributed by atoms with Crippen LogP contribution < -0.4 is 0 Å². The predicted octanol–water partition coefficient (Wildman–Crippen LogP) is 1.48. The Hall–Kier alpha value is -0.950. The maximum absolute atomic E-state index is 12.4. The van der Waals surface area contributed by atoms with Gasteiger partial charge in [0.05, 0.1) is 12.7 Å². The number of nitrogens with zero attached hydrogens (tertiary/aromatic N) is 1. The molecule has 2 bridgehead atoms. The molecule has 2 N–H and O–H groups in total. The number of carbonyl (C=O) groups is 1. The zero-order valence-electron chi connectivity index (χ0n) is 13.2. The molecule has 0 aliphatic carbocycles. The minimum Gasteiger partial charge on any atom is -0.462 e. The molecule has 1 aromatic rings. The normalized spacial score (nSPS) is 31.3. The average molecular weight is 386 g/mol. The highest BCUT2D eigenvalue weighted by atomic mass is 79.9. The summed E-state index contributed by atoms with van der Waals surface area (Å²) < 4.78 is 5.64. The Labute approximate surface area is 147 Å². The second-order valence-electron chi connectivity index (χ2n) is 6.37. The topological polar surface area (TPSA) is 70.0 Å². The van der Waals surface area contributed by atoms with Gasteiger partial charge in [0.1, 0.15) is 12.0 Å². The maximum atomic E-state index is 12.4. The van der Waals surface area contributed by atoms with E-state index in [-0.39, 0.29) is 53.8 Å². The minimum absolute atomic E-state index is 0. The van der Waals surface area contributed by atoms with Gasteiger partial charge in [0.25, 0.3) is 0 Å². The van der Waals surface area contributed by atoms with Crippen molar-refractivity contribution in [2.24, 2.45) is 0 Å². The first-order valence-electron chi connectivity index (χ1n) is 7.86. The zero-order valence-corrected chi connectivity index (χ0v) is 14.9. The van der Waals surface area contributed by atoms with Gasteiger partial charge in [-0.1, -0.05) is 30.3 Å². The Kier molecular flexibility index (Phi) is 6.19. The lowest BCUT2D eigenvalue weighted by Crippen LogP contribution is -2.45. The van der Waals surface area contributed by atoms with Gasteiger partial charge in [-0.2, -0.15) is 0 Å². The summed E-state index contributed by atoms with van der Waals surface area (Å²) in [5, 5.41) is 19.6. The first-order valence-corrected chi connectivity index (χ1v) is 7.86. The van der Waals surface area contributed by atoms with Crippen molar-refractivity contribution in [1.29, 1.82) is 0 Å². The summed E-state index contributed by atoms with van der Waals surface area (Å²) >= 11 is 0. The fourth-order valence-electron chi connectivity index (χ4n) is 3.74. The molecule has 5 atom stereocenters. The van der Waals surface area contributed by atoms with Crippen molar-refractivity contribution in [3.63, 3.8) is 0 Å². The van der Waals surface area contributed by atoms with Crippen LogP contribution >= 0.6 is 17.0 Å². The quantitative estimate of drug-likeness (QED) is 0.768. The lowest BCUT2D eigenvalue weighted by Gasteiger charge is -2.36. The predicted molar refractivity (Wildman–Crippen MR) is 91.7 cm³/mol. The van der Waals surface area contributed by atoms with Gasteiger partial charge in [0.15, 0.2) is 0 Å². The molecular weight excluding hydrogens is 362 g/mol. The molecule has 0 spiro atoms. The van der Waals surface area contributed by atoms with Gasteiger partial charge >= 0.3 is 5.97 Å². The van der Waals surface area contributed by atoms with E-state index in [1.54, 1.807) is 0 Å². The van der Waals surface area contributed by atoms with Gasteiger partial charge in [-0.05, 0) is 19.0 Å². The summed E-state index contributed by atoms with van der Waals surface area (Å²) in [5.41, 5.74) is 0.769. The number of hydrogen-bond donors (Lipinski definition) is 2. The molecule has 2 unspecified atom stereocenters. The van der Waals surface area contributed by atoms with Gasteiger partial charge in [-0.15, -0.1) is 17.0 Å². The van der Waals surface area contributed by atoms with Crippen LogP contribution in [0.1, 0.15) is 30.7 Å². The van der Waals surface area contributed by atoms with E-state index in [4.69, 9.17) is 4.74 Å². The van der Waals surface area contributed by atoms with Crippen molar-refractivity contribution in [1.82, 2.24) is 4.90 Å². The van der Waals surface area contributed by atoms with E-state index in [9.17, 15) is 15.0 Å². The van der Waals surface area contributed by atoms with E-state index in [1.165, 1.54) is 0 Å². The first kappa shape index (κ1) is 18.4. The summed E-state index contributed by atoms with van der Waals surface area (Å²) in [7, 11) is 2.02. The molecular formula is C17H24BrNO4. The molecule has 128 valence electrons. The number of carbonyl (C=O) groups excluding carboxylic acids is 1. The lowest BCUT2D eigenvalue weighted by molar-refractivity contribution is -0.155. The number of halogens is 1. The number of rotatable bonds is 4. The van der Waals surface area contributed by atoms with Gasteiger partial charge in [-0.3, -0.25) is 9.69 Å². The molecule has 2 fully saturated rings. The molecule has 2 heterocycles. The van der Waals surface area contributed by atoms with E-state index < -0.39 is 5.92 Å². The molecule has 5 nitrogen and oxygen atoms in total. The summed E-state index contributed by atoms with van der Waals surface area (Å²) in [6, 6.07) is 9.56. The highest BCUT2D eigenvalue weighted by molar-refractivity contribution is 8.93. The third-order valence-corrected chi connectivity index (χ3v) is 5.05. The Morgan fingerprint density at radius 3 is 2.61 bits per heavy atom. The zero-order chi connectivity index (χ0) is 15.7. The number of esters is 1. The Bertz CT molecular complexity index is 527. The van der Waals surface area contributed by atoms with Gasteiger partial charge in [-0.25, -0.2) is 0 Å². The first-order chi connectivity index (χ1) is 10.6. The Balaban J connectivity index is 0.00000192. The SMILES string of the molecule is Br.CN1C2CC(O)[C@H]1C[C@@H](OC(=O)[C@H](CO)c1ccccc1)C2. The van der Waals surface area contributed by atoms with Crippen LogP contribution in [0, 0.1) is 0 Å². The summed E-state index contributed by atoms with van der Waals surface area (Å²) in [4.78, 5) is 14.6. The Morgan fingerprint density at radius 2 is 2.00 bits per heavy atom. The van der Waals surface area contributed by atoms with Crippen molar-refractivity contribution >= 4 is 23.0 Å². The van der Waals surface area contributed by atoms with Crippen LogP contribution in [0.3, 0.4) is 0 Å². The fourth-order valence-corrected chi connectivity index (χ4v) is 3.74. The van der Waals surface area contributed by atoms with E-state index in [0.717, 1.165) is 18.4 Å². The highest BCUT2D eigenvalue weighted by Gasteiger charge is 2.45. The molecule has 6 heteroatoms. The number of hydrogen-bond acceptors (Lipinski definition) is 5. The fraction of sp³-hybridized carbons (Fsp3) is 0.588. The van der Waals surface area contributed by atoms with Gasteiger partial charge < -0.3 is 14.9 Å². The van der Waals surface area contributed by atoms with Crippen LogP contribution in [-0.4, -0.2) is 59.0 Å². The maximum Gasteiger partial charge on any atom is 0.316 e. The van der Waals surface area contributed by atoms with E-state index in [1.807, 2.05) is 37.4 Å². The molecule has 2 aliphatic heterocycles. The number of aliphatic hydroxyl groups excluding tert-OH is 2. The monoisotopic (exact) mass is 385 g/mol. The van der Waals surface area contributed by atoms with Crippen LogP contribution in [0.5, 0.6) is 0 Å². The highest BCUT2D eigenvalue weighted by Crippen LogP contribution is 2.36. The average Bonchev–Trinajstić information content (AvgIpc) is 2.68. The van der Waals surface area contributed by atoms with Gasteiger partial charge in [0.2, 0.25) is 0 Å². The van der Waals surface area contributed by atoms with Crippen molar-refractivity contribution in [2.45, 2.75) is 49.5 Å². The van der Waals surface area contributed by atoms with E-state index in [2.05, 4.69) is 4.90 Å². The number of fused-ring (bicyclic) bond motifs is 2. The Morgan fingerprint density at radius 1 is 1.30 bits per heavy atom. The molecule has 0 saturated carbocycles. The molecule has 2 saturated heterocycles. The molecule has 0 amide bonds. The number of ether oxygens (including phenoxy) is 1. The number of likely N-dealkylation sites (N-methyl/N-ethyl adjacent to an activating group) is 1. The van der Waals surface area contributed by atoms with Crippen molar-refractivity contribution in [3.05, 3.63) is 35.9 Å². The van der Waals surface area contributed by atoms with Crippen LogP contribution in [0.25, 0.3) is 0 Å². The second kappa shape index (κ2) is 7.75. The van der Waals surface area contributed by atoms with Crippen LogP contribution in [0.2, 0.25) is 0 Å². The third-order valence-electron chi connectivity index (χ3n) is 5.05. The van der Waals surface area contributed by atoms with Crippen LogP contribution in [0.15, 0.2) is 30.3 Å². The standard InChI is InChI=1S/C17H23NO4.BrH/c1-18-12-7-13(9-15(18)16(20)8-12)22-17(21)14(10-19)11-5-3-2-4-6-11;/h2-6,12-16,19-20H,7-10H2,1H3;1H/t12?,13-,14+,15+,16?;/m0./s1. The largest absolute Gasteiger partial charge is 0.462 e. The summed E-state index contributed by atoms with van der Waals surface area (Å²) in [6.07, 6.45) is 1.66. The van der Waals surface area contributed by atoms with Crippen LogP contribution in [-0.2, 0) is 9.53 Å².